The Balaban J connectivity index is 1.79. The van der Waals surface area contributed by atoms with E-state index in [0.717, 1.165) is 11.3 Å². The average Bonchev–Trinajstić information content (AvgIpc) is 2.63. The Kier molecular flexibility index (Phi) is 4.84. The zero-order valence-electron chi connectivity index (χ0n) is 14.8. The van der Waals surface area contributed by atoms with Gasteiger partial charge in [-0.3, -0.25) is 19.7 Å². The SMILES string of the molecule is CCC1(c2ccc(NC(=O)c3cccc(C)n3)cc2)CCC(=O)NC1=O. The van der Waals surface area contributed by atoms with Crippen molar-refractivity contribution in [3.8, 4) is 0 Å². The third-order valence-corrected chi connectivity index (χ3v) is 4.89. The summed E-state index contributed by atoms with van der Waals surface area (Å²) in [6.45, 7) is 3.77. The van der Waals surface area contributed by atoms with Gasteiger partial charge in [-0.15, -0.1) is 0 Å². The molecule has 1 aromatic heterocycles. The summed E-state index contributed by atoms with van der Waals surface area (Å²) in [5, 5.41) is 5.25. The first-order valence-electron chi connectivity index (χ1n) is 8.64. The van der Waals surface area contributed by atoms with Crippen molar-refractivity contribution in [1.29, 1.82) is 0 Å². The molecule has 2 heterocycles. The van der Waals surface area contributed by atoms with Gasteiger partial charge in [0.05, 0.1) is 5.41 Å². The summed E-state index contributed by atoms with van der Waals surface area (Å²) in [5.74, 6) is -0.765. The number of anilines is 1. The van der Waals surface area contributed by atoms with Crippen LogP contribution >= 0.6 is 0 Å². The van der Waals surface area contributed by atoms with Gasteiger partial charge in [0.2, 0.25) is 11.8 Å². The molecular formula is C20H21N3O3. The number of hydrogen-bond acceptors (Lipinski definition) is 4. The first-order chi connectivity index (χ1) is 12.4. The summed E-state index contributed by atoms with van der Waals surface area (Å²) < 4.78 is 0. The second kappa shape index (κ2) is 7.07. The fraction of sp³-hybridized carbons (Fsp3) is 0.300. The lowest BCUT2D eigenvalue weighted by Gasteiger charge is -2.35. The monoisotopic (exact) mass is 351 g/mol. The molecule has 2 aromatic rings. The summed E-state index contributed by atoms with van der Waals surface area (Å²) in [4.78, 5) is 40.4. The molecule has 2 N–H and O–H groups in total. The summed E-state index contributed by atoms with van der Waals surface area (Å²) in [7, 11) is 0. The summed E-state index contributed by atoms with van der Waals surface area (Å²) in [6.07, 6.45) is 1.43. The molecule has 1 unspecified atom stereocenters. The molecule has 1 fully saturated rings. The average molecular weight is 351 g/mol. The van der Waals surface area contributed by atoms with Gasteiger partial charge in [0.15, 0.2) is 0 Å². The van der Waals surface area contributed by atoms with Crippen LogP contribution in [0.4, 0.5) is 5.69 Å². The molecule has 0 spiro atoms. The van der Waals surface area contributed by atoms with Crippen LogP contribution in [0.5, 0.6) is 0 Å². The Morgan fingerprint density at radius 3 is 2.54 bits per heavy atom. The maximum atomic E-state index is 12.4. The number of nitrogens with one attached hydrogen (secondary N) is 2. The first kappa shape index (κ1) is 17.8. The van der Waals surface area contributed by atoms with Crippen molar-refractivity contribution in [2.24, 2.45) is 0 Å². The largest absolute Gasteiger partial charge is 0.321 e. The van der Waals surface area contributed by atoms with Crippen molar-refractivity contribution in [3.05, 3.63) is 59.4 Å². The van der Waals surface area contributed by atoms with Gasteiger partial charge in [0, 0.05) is 17.8 Å². The number of imide groups is 1. The van der Waals surface area contributed by atoms with Crippen molar-refractivity contribution in [2.45, 2.75) is 38.5 Å². The lowest BCUT2D eigenvalue weighted by molar-refractivity contribution is -0.138. The number of carbonyl (C=O) groups is 3. The van der Waals surface area contributed by atoms with Crippen LogP contribution in [-0.2, 0) is 15.0 Å². The van der Waals surface area contributed by atoms with E-state index in [9.17, 15) is 14.4 Å². The molecule has 1 aromatic carbocycles. The topological polar surface area (TPSA) is 88.2 Å². The van der Waals surface area contributed by atoms with Gasteiger partial charge in [-0.2, -0.15) is 0 Å². The highest BCUT2D eigenvalue weighted by atomic mass is 16.2. The number of pyridine rings is 1. The number of aryl methyl sites for hydroxylation is 1. The maximum absolute atomic E-state index is 12.4. The first-order valence-corrected chi connectivity index (χ1v) is 8.64. The second-order valence-corrected chi connectivity index (χ2v) is 6.51. The van der Waals surface area contributed by atoms with Gasteiger partial charge in [-0.1, -0.05) is 25.1 Å². The van der Waals surface area contributed by atoms with Gasteiger partial charge in [0.1, 0.15) is 5.69 Å². The van der Waals surface area contributed by atoms with E-state index >= 15 is 0 Å². The van der Waals surface area contributed by atoms with Crippen LogP contribution in [0, 0.1) is 6.92 Å². The minimum atomic E-state index is -0.700. The van der Waals surface area contributed by atoms with Crippen LogP contribution < -0.4 is 10.6 Å². The molecule has 1 aliphatic heterocycles. The van der Waals surface area contributed by atoms with Gasteiger partial charge in [-0.05, 0) is 49.6 Å². The molecule has 3 amide bonds. The molecule has 0 bridgehead atoms. The minimum absolute atomic E-state index is 0.228. The van der Waals surface area contributed by atoms with E-state index in [0.29, 0.717) is 30.6 Å². The number of piperidine rings is 1. The summed E-state index contributed by atoms with van der Waals surface area (Å²) in [6, 6.07) is 12.5. The molecule has 6 heteroatoms. The van der Waals surface area contributed by atoms with E-state index < -0.39 is 5.41 Å². The van der Waals surface area contributed by atoms with Gasteiger partial charge in [0.25, 0.3) is 5.91 Å². The Hall–Kier alpha value is -3.02. The predicted molar refractivity (Wildman–Crippen MR) is 97.7 cm³/mol. The number of carbonyl (C=O) groups excluding carboxylic acids is 3. The Morgan fingerprint density at radius 1 is 1.19 bits per heavy atom. The molecule has 1 aliphatic rings. The maximum Gasteiger partial charge on any atom is 0.274 e. The van der Waals surface area contributed by atoms with Crippen molar-refractivity contribution >= 4 is 23.4 Å². The fourth-order valence-electron chi connectivity index (χ4n) is 3.30. The molecule has 0 saturated carbocycles. The molecular weight excluding hydrogens is 330 g/mol. The van der Waals surface area contributed by atoms with Crippen LogP contribution in [0.25, 0.3) is 0 Å². The number of amides is 3. The van der Waals surface area contributed by atoms with Gasteiger partial charge in [-0.25, -0.2) is 4.98 Å². The normalized spacial score (nSPS) is 19.8. The molecule has 1 saturated heterocycles. The van der Waals surface area contributed by atoms with E-state index in [1.807, 2.05) is 32.0 Å². The molecule has 3 rings (SSSR count). The third kappa shape index (κ3) is 3.35. The van der Waals surface area contributed by atoms with Gasteiger partial charge < -0.3 is 5.32 Å². The minimum Gasteiger partial charge on any atom is -0.321 e. The highest BCUT2D eigenvalue weighted by Crippen LogP contribution is 2.36. The van der Waals surface area contributed by atoms with Gasteiger partial charge >= 0.3 is 0 Å². The molecule has 0 radical (unpaired) electrons. The van der Waals surface area contributed by atoms with E-state index in [4.69, 9.17) is 0 Å². The highest BCUT2D eigenvalue weighted by Gasteiger charge is 2.42. The van der Waals surface area contributed by atoms with Crippen LogP contribution in [0.3, 0.4) is 0 Å². The lowest BCUT2D eigenvalue weighted by Crippen LogP contribution is -2.51. The fourth-order valence-corrected chi connectivity index (χ4v) is 3.30. The predicted octanol–water partition coefficient (Wildman–Crippen LogP) is 2.73. The quantitative estimate of drug-likeness (QED) is 0.829. The van der Waals surface area contributed by atoms with Crippen LogP contribution in [0.1, 0.15) is 47.9 Å². The Bertz CT molecular complexity index is 861. The Labute approximate surface area is 152 Å². The number of nitrogens with zero attached hydrogens (tertiary/aromatic N) is 1. The molecule has 26 heavy (non-hydrogen) atoms. The van der Waals surface area contributed by atoms with E-state index in [-0.39, 0.29) is 17.7 Å². The van der Waals surface area contributed by atoms with Crippen molar-refractivity contribution in [1.82, 2.24) is 10.3 Å². The summed E-state index contributed by atoms with van der Waals surface area (Å²) in [5.41, 5.74) is 1.89. The second-order valence-electron chi connectivity index (χ2n) is 6.51. The number of benzene rings is 1. The molecule has 0 aliphatic carbocycles. The summed E-state index contributed by atoms with van der Waals surface area (Å²) >= 11 is 0. The standard InChI is InChI=1S/C20H21N3O3/c1-3-20(12-11-17(24)23-19(20)26)14-7-9-15(10-8-14)22-18(25)16-6-4-5-13(2)21-16/h4-10H,3,11-12H2,1-2H3,(H,22,25)(H,23,24,26). The molecule has 134 valence electrons. The molecule has 6 nitrogen and oxygen atoms in total. The van der Waals surface area contributed by atoms with E-state index in [1.54, 1.807) is 24.3 Å². The number of rotatable bonds is 4. The van der Waals surface area contributed by atoms with Crippen LogP contribution in [0.15, 0.2) is 42.5 Å². The zero-order chi connectivity index (χ0) is 18.7. The number of hydrogen-bond donors (Lipinski definition) is 2. The zero-order valence-corrected chi connectivity index (χ0v) is 14.8. The van der Waals surface area contributed by atoms with E-state index in [2.05, 4.69) is 15.6 Å². The van der Waals surface area contributed by atoms with Crippen molar-refractivity contribution < 1.29 is 14.4 Å². The van der Waals surface area contributed by atoms with E-state index in [1.165, 1.54) is 0 Å². The van der Waals surface area contributed by atoms with Crippen LogP contribution in [0.2, 0.25) is 0 Å². The highest BCUT2D eigenvalue weighted by molar-refractivity contribution is 6.04. The van der Waals surface area contributed by atoms with Crippen LogP contribution in [-0.4, -0.2) is 22.7 Å². The van der Waals surface area contributed by atoms with Crippen molar-refractivity contribution in [2.75, 3.05) is 5.32 Å². The molecule has 1 atom stereocenters. The number of aromatic nitrogens is 1. The lowest BCUT2D eigenvalue weighted by atomic mass is 9.72. The third-order valence-electron chi connectivity index (χ3n) is 4.89. The Morgan fingerprint density at radius 2 is 1.92 bits per heavy atom. The van der Waals surface area contributed by atoms with Crippen molar-refractivity contribution in [3.63, 3.8) is 0 Å². The smallest absolute Gasteiger partial charge is 0.274 e.